The van der Waals surface area contributed by atoms with Crippen molar-refractivity contribution < 1.29 is 9.18 Å². The third-order valence-electron chi connectivity index (χ3n) is 3.58. The van der Waals surface area contributed by atoms with E-state index in [1.54, 1.807) is 29.5 Å². The number of carbonyl (C=O) groups is 1. The Morgan fingerprint density at radius 2 is 2.00 bits per heavy atom. The summed E-state index contributed by atoms with van der Waals surface area (Å²) in [5.41, 5.74) is 1.81. The summed E-state index contributed by atoms with van der Waals surface area (Å²) >= 11 is 1.60. The van der Waals surface area contributed by atoms with Crippen LogP contribution in [0.5, 0.6) is 0 Å². The average Bonchev–Trinajstić information content (AvgIpc) is 2.85. The lowest BCUT2D eigenvalue weighted by Crippen LogP contribution is -2.03. The molecule has 0 unspecified atom stereocenters. The molecule has 0 fully saturated rings. The van der Waals surface area contributed by atoms with Crippen LogP contribution in [0.15, 0.2) is 30.3 Å². The molecule has 0 spiro atoms. The Balaban J connectivity index is 1.81. The van der Waals surface area contributed by atoms with E-state index in [-0.39, 0.29) is 18.0 Å². The summed E-state index contributed by atoms with van der Waals surface area (Å²) in [6.07, 6.45) is 4.76. The smallest absolute Gasteiger partial charge is 0.177 e. The first-order valence-corrected chi connectivity index (χ1v) is 7.44. The minimum atomic E-state index is -0.294. The molecule has 0 amide bonds. The van der Waals surface area contributed by atoms with E-state index in [2.05, 4.69) is 0 Å². The fourth-order valence-electron chi connectivity index (χ4n) is 2.53. The Bertz CT molecular complexity index is 591. The highest BCUT2D eigenvalue weighted by Crippen LogP contribution is 2.30. The molecular weight excluding hydrogens is 259 g/mol. The van der Waals surface area contributed by atoms with E-state index in [4.69, 9.17) is 0 Å². The van der Waals surface area contributed by atoms with Gasteiger partial charge in [0.05, 0.1) is 4.88 Å². The van der Waals surface area contributed by atoms with E-state index >= 15 is 0 Å². The Morgan fingerprint density at radius 1 is 1.21 bits per heavy atom. The highest BCUT2D eigenvalue weighted by Gasteiger charge is 2.18. The molecule has 0 aliphatic heterocycles. The van der Waals surface area contributed by atoms with Gasteiger partial charge in [0.2, 0.25) is 0 Å². The van der Waals surface area contributed by atoms with Crippen LogP contribution in [0.1, 0.15) is 38.5 Å². The molecular formula is C16H15FOS. The predicted molar refractivity (Wildman–Crippen MR) is 75.4 cm³/mol. The van der Waals surface area contributed by atoms with Crippen LogP contribution in [0.25, 0.3) is 0 Å². The molecule has 1 aromatic carbocycles. The number of carbonyl (C=O) groups excluding carboxylic acids is 1. The molecule has 1 nitrogen and oxygen atoms in total. The molecule has 0 saturated heterocycles. The van der Waals surface area contributed by atoms with Crippen molar-refractivity contribution in [3.05, 3.63) is 57.0 Å². The summed E-state index contributed by atoms with van der Waals surface area (Å²) in [5.74, 6) is -0.262. The van der Waals surface area contributed by atoms with Gasteiger partial charge in [-0.25, -0.2) is 4.39 Å². The van der Waals surface area contributed by atoms with Gasteiger partial charge in [0.1, 0.15) is 5.82 Å². The summed E-state index contributed by atoms with van der Waals surface area (Å²) in [7, 11) is 0. The van der Waals surface area contributed by atoms with Crippen LogP contribution >= 0.6 is 11.3 Å². The number of halogens is 1. The van der Waals surface area contributed by atoms with E-state index in [0.717, 1.165) is 17.7 Å². The second-order valence-electron chi connectivity index (χ2n) is 4.96. The largest absolute Gasteiger partial charge is 0.293 e. The molecule has 1 aliphatic rings. The number of hydrogen-bond acceptors (Lipinski definition) is 2. The van der Waals surface area contributed by atoms with Crippen molar-refractivity contribution >= 4 is 17.1 Å². The van der Waals surface area contributed by atoms with Gasteiger partial charge in [-0.15, -0.1) is 11.3 Å². The summed E-state index contributed by atoms with van der Waals surface area (Å²) < 4.78 is 13.5. The van der Waals surface area contributed by atoms with Crippen LogP contribution in [0.2, 0.25) is 0 Å². The van der Waals surface area contributed by atoms with Gasteiger partial charge in [-0.05, 0) is 48.9 Å². The summed E-state index contributed by atoms with van der Waals surface area (Å²) in [4.78, 5) is 14.4. The Hall–Kier alpha value is -1.48. The van der Waals surface area contributed by atoms with Crippen molar-refractivity contribution in [2.75, 3.05) is 0 Å². The fraction of sp³-hybridized carbons (Fsp3) is 0.312. The van der Waals surface area contributed by atoms with Crippen LogP contribution in [0, 0.1) is 5.82 Å². The van der Waals surface area contributed by atoms with Crippen LogP contribution in [-0.2, 0) is 19.3 Å². The van der Waals surface area contributed by atoms with Gasteiger partial charge in [-0.3, -0.25) is 4.79 Å². The summed E-state index contributed by atoms with van der Waals surface area (Å²) in [6, 6.07) is 8.52. The van der Waals surface area contributed by atoms with Gasteiger partial charge in [0.15, 0.2) is 5.78 Å². The van der Waals surface area contributed by atoms with Crippen LogP contribution < -0.4 is 0 Å². The van der Waals surface area contributed by atoms with Crippen LogP contribution in [-0.4, -0.2) is 5.78 Å². The number of fused-ring (bicyclic) bond motifs is 1. The Kier molecular flexibility index (Phi) is 3.47. The number of rotatable bonds is 3. The maximum atomic E-state index is 13.5. The topological polar surface area (TPSA) is 17.1 Å². The van der Waals surface area contributed by atoms with Gasteiger partial charge in [-0.2, -0.15) is 0 Å². The van der Waals surface area contributed by atoms with E-state index in [0.29, 0.717) is 5.56 Å². The van der Waals surface area contributed by atoms with E-state index in [9.17, 15) is 9.18 Å². The predicted octanol–water partition coefficient (Wildman–Crippen LogP) is 4.19. The third-order valence-corrected chi connectivity index (χ3v) is 4.86. The number of ketones is 1. The van der Waals surface area contributed by atoms with Crippen molar-refractivity contribution in [2.24, 2.45) is 0 Å². The molecule has 2 aromatic rings. The third kappa shape index (κ3) is 2.61. The van der Waals surface area contributed by atoms with Gasteiger partial charge in [-0.1, -0.05) is 18.2 Å². The second-order valence-corrected chi connectivity index (χ2v) is 6.09. The number of benzene rings is 1. The van der Waals surface area contributed by atoms with E-state index < -0.39 is 0 Å². The molecule has 1 aromatic heterocycles. The fourth-order valence-corrected chi connectivity index (χ4v) is 3.72. The minimum absolute atomic E-state index is 0.0319. The molecule has 98 valence electrons. The van der Waals surface area contributed by atoms with Crippen molar-refractivity contribution in [1.29, 1.82) is 0 Å². The molecule has 0 radical (unpaired) electrons. The lowest BCUT2D eigenvalue weighted by Gasteiger charge is -2.08. The molecule has 0 saturated carbocycles. The number of aryl methyl sites for hydroxylation is 2. The highest BCUT2D eigenvalue weighted by molar-refractivity contribution is 7.14. The van der Waals surface area contributed by atoms with Crippen LogP contribution in [0.4, 0.5) is 4.39 Å². The molecule has 1 aliphatic carbocycles. The standard InChI is InChI=1S/C16H15FOS/c17-13-7-3-1-5-11(13)9-14(18)16-10-12-6-2-4-8-15(12)19-16/h1,3,5,7,10H,2,4,6,8-9H2. The Morgan fingerprint density at radius 3 is 2.79 bits per heavy atom. The zero-order valence-electron chi connectivity index (χ0n) is 10.6. The number of Topliss-reactive ketones (excluding diaryl/α,β-unsaturated/α-hetero) is 1. The van der Waals surface area contributed by atoms with Crippen molar-refractivity contribution in [2.45, 2.75) is 32.1 Å². The molecule has 3 heteroatoms. The van der Waals surface area contributed by atoms with Crippen molar-refractivity contribution in [3.8, 4) is 0 Å². The summed E-state index contributed by atoms with van der Waals surface area (Å²) in [5, 5.41) is 0. The van der Waals surface area contributed by atoms with Crippen LogP contribution in [0.3, 0.4) is 0 Å². The first-order chi connectivity index (χ1) is 9.24. The van der Waals surface area contributed by atoms with Gasteiger partial charge >= 0.3 is 0 Å². The Labute approximate surface area is 116 Å². The molecule has 0 atom stereocenters. The quantitative estimate of drug-likeness (QED) is 0.767. The van der Waals surface area contributed by atoms with E-state index in [1.165, 1.54) is 29.3 Å². The van der Waals surface area contributed by atoms with Gasteiger partial charge in [0, 0.05) is 11.3 Å². The highest BCUT2D eigenvalue weighted by atomic mass is 32.1. The minimum Gasteiger partial charge on any atom is -0.293 e. The van der Waals surface area contributed by atoms with Crippen molar-refractivity contribution in [3.63, 3.8) is 0 Å². The lowest BCUT2D eigenvalue weighted by molar-refractivity contribution is 0.0995. The molecule has 0 bridgehead atoms. The normalized spacial score (nSPS) is 14.2. The number of thiophene rings is 1. The summed E-state index contributed by atoms with van der Waals surface area (Å²) in [6.45, 7) is 0. The maximum absolute atomic E-state index is 13.5. The van der Waals surface area contributed by atoms with Crippen molar-refractivity contribution in [1.82, 2.24) is 0 Å². The zero-order chi connectivity index (χ0) is 13.2. The molecule has 1 heterocycles. The lowest BCUT2D eigenvalue weighted by atomic mass is 9.98. The van der Waals surface area contributed by atoms with Gasteiger partial charge in [0.25, 0.3) is 0 Å². The second kappa shape index (κ2) is 5.25. The average molecular weight is 274 g/mol. The van der Waals surface area contributed by atoms with Gasteiger partial charge < -0.3 is 0 Å². The number of hydrogen-bond donors (Lipinski definition) is 0. The molecule has 0 N–H and O–H groups in total. The maximum Gasteiger partial charge on any atom is 0.177 e. The molecule has 19 heavy (non-hydrogen) atoms. The first-order valence-electron chi connectivity index (χ1n) is 6.62. The molecule has 3 rings (SSSR count). The first kappa shape index (κ1) is 12.5. The SMILES string of the molecule is O=C(Cc1ccccc1F)c1cc2c(s1)CCCC2. The monoisotopic (exact) mass is 274 g/mol. The van der Waals surface area contributed by atoms with E-state index in [1.807, 2.05) is 6.07 Å². The zero-order valence-corrected chi connectivity index (χ0v) is 11.4.